The number of nitrogens with zero attached hydrogens (tertiary/aromatic N) is 2. The summed E-state index contributed by atoms with van der Waals surface area (Å²) in [4.78, 5) is 11.8. The highest BCUT2D eigenvalue weighted by molar-refractivity contribution is 5.65. The molecule has 16 heavy (non-hydrogen) atoms. The van der Waals surface area contributed by atoms with Crippen molar-refractivity contribution in [2.45, 2.75) is 18.9 Å². The van der Waals surface area contributed by atoms with Crippen LogP contribution in [0.3, 0.4) is 0 Å². The van der Waals surface area contributed by atoms with Gasteiger partial charge < -0.3 is 5.11 Å². The Labute approximate surface area is 94.7 Å². The molecule has 1 rings (SSSR count). The van der Waals surface area contributed by atoms with E-state index in [4.69, 9.17) is 10.4 Å². The standard InChI is InChI=1S/C12H14N2O2/c1-9(10-6-4-3-5-7-10)11(8-13)14(2)12(15)16/h3-7,9,11H,1-2H3,(H,15,16). The maximum Gasteiger partial charge on any atom is 0.408 e. The number of carboxylic acid groups (broad SMARTS) is 1. The predicted octanol–water partition coefficient (Wildman–Crippen LogP) is 2.29. The van der Waals surface area contributed by atoms with E-state index in [9.17, 15) is 4.79 Å². The Balaban J connectivity index is 2.91. The fourth-order valence-electron chi connectivity index (χ4n) is 1.59. The highest BCUT2D eigenvalue weighted by Gasteiger charge is 2.25. The molecule has 0 heterocycles. The van der Waals surface area contributed by atoms with Crippen LogP contribution in [0.15, 0.2) is 30.3 Å². The summed E-state index contributed by atoms with van der Waals surface area (Å²) < 4.78 is 0. The molecular weight excluding hydrogens is 204 g/mol. The molecule has 1 aromatic carbocycles. The molecule has 0 bridgehead atoms. The number of amides is 1. The molecule has 1 aromatic rings. The lowest BCUT2D eigenvalue weighted by atomic mass is 9.93. The quantitative estimate of drug-likeness (QED) is 0.846. The number of nitriles is 1. The van der Waals surface area contributed by atoms with E-state index in [0.717, 1.165) is 10.5 Å². The first-order chi connectivity index (χ1) is 7.57. The molecule has 4 nitrogen and oxygen atoms in total. The minimum Gasteiger partial charge on any atom is -0.465 e. The molecular formula is C12H14N2O2. The van der Waals surface area contributed by atoms with E-state index >= 15 is 0 Å². The van der Waals surface area contributed by atoms with Crippen molar-refractivity contribution >= 4 is 6.09 Å². The van der Waals surface area contributed by atoms with E-state index in [1.165, 1.54) is 7.05 Å². The van der Waals surface area contributed by atoms with Crippen LogP contribution in [-0.2, 0) is 0 Å². The van der Waals surface area contributed by atoms with Gasteiger partial charge in [-0.15, -0.1) is 0 Å². The highest BCUT2D eigenvalue weighted by atomic mass is 16.4. The lowest BCUT2D eigenvalue weighted by molar-refractivity contribution is 0.143. The summed E-state index contributed by atoms with van der Waals surface area (Å²) in [5.74, 6) is -0.146. The van der Waals surface area contributed by atoms with E-state index in [1.54, 1.807) is 0 Å². The van der Waals surface area contributed by atoms with Crippen LogP contribution in [0.4, 0.5) is 4.79 Å². The van der Waals surface area contributed by atoms with Crippen LogP contribution in [0.5, 0.6) is 0 Å². The fraction of sp³-hybridized carbons (Fsp3) is 0.333. The van der Waals surface area contributed by atoms with Crippen molar-refractivity contribution < 1.29 is 9.90 Å². The maximum absolute atomic E-state index is 10.8. The monoisotopic (exact) mass is 218 g/mol. The summed E-state index contributed by atoms with van der Waals surface area (Å²) in [5, 5.41) is 17.9. The first-order valence-corrected chi connectivity index (χ1v) is 4.98. The molecule has 0 radical (unpaired) electrons. The van der Waals surface area contributed by atoms with Gasteiger partial charge in [-0.25, -0.2) is 4.79 Å². The number of hydrogen-bond donors (Lipinski definition) is 1. The van der Waals surface area contributed by atoms with Gasteiger partial charge >= 0.3 is 6.09 Å². The van der Waals surface area contributed by atoms with Crippen molar-refractivity contribution in [1.82, 2.24) is 4.90 Å². The van der Waals surface area contributed by atoms with Crippen LogP contribution in [-0.4, -0.2) is 29.2 Å². The Bertz CT molecular complexity index is 397. The van der Waals surface area contributed by atoms with Gasteiger partial charge in [0.1, 0.15) is 6.04 Å². The van der Waals surface area contributed by atoms with Gasteiger partial charge in [-0.1, -0.05) is 37.3 Å². The number of carbonyl (C=O) groups is 1. The van der Waals surface area contributed by atoms with Crippen molar-refractivity contribution in [1.29, 1.82) is 5.26 Å². The summed E-state index contributed by atoms with van der Waals surface area (Å²) in [6.45, 7) is 1.85. The SMILES string of the molecule is CC(c1ccccc1)C(C#N)N(C)C(=O)O. The van der Waals surface area contributed by atoms with Gasteiger partial charge in [0.15, 0.2) is 0 Å². The van der Waals surface area contributed by atoms with Crippen LogP contribution < -0.4 is 0 Å². The lowest BCUT2D eigenvalue weighted by Gasteiger charge is -2.25. The summed E-state index contributed by atoms with van der Waals surface area (Å²) in [6, 6.07) is 10.8. The summed E-state index contributed by atoms with van der Waals surface area (Å²) in [6.07, 6.45) is -1.09. The number of benzene rings is 1. The summed E-state index contributed by atoms with van der Waals surface area (Å²) in [7, 11) is 1.41. The Kier molecular flexibility index (Phi) is 3.90. The molecule has 84 valence electrons. The van der Waals surface area contributed by atoms with Crippen molar-refractivity contribution in [3.63, 3.8) is 0 Å². The Morgan fingerprint density at radius 2 is 2.00 bits per heavy atom. The van der Waals surface area contributed by atoms with E-state index in [0.29, 0.717) is 0 Å². The van der Waals surface area contributed by atoms with Gasteiger partial charge in [0.05, 0.1) is 6.07 Å². The topological polar surface area (TPSA) is 64.3 Å². The smallest absolute Gasteiger partial charge is 0.408 e. The Morgan fingerprint density at radius 3 is 2.44 bits per heavy atom. The van der Waals surface area contributed by atoms with Gasteiger partial charge in [0.25, 0.3) is 0 Å². The van der Waals surface area contributed by atoms with Crippen molar-refractivity contribution in [3.05, 3.63) is 35.9 Å². The second kappa shape index (κ2) is 5.17. The molecule has 1 N–H and O–H groups in total. The van der Waals surface area contributed by atoms with E-state index in [-0.39, 0.29) is 5.92 Å². The lowest BCUT2D eigenvalue weighted by Crippen LogP contribution is -2.38. The third kappa shape index (κ3) is 2.51. The Morgan fingerprint density at radius 1 is 1.44 bits per heavy atom. The largest absolute Gasteiger partial charge is 0.465 e. The second-order valence-electron chi connectivity index (χ2n) is 3.67. The van der Waals surface area contributed by atoms with Gasteiger partial charge in [0.2, 0.25) is 0 Å². The van der Waals surface area contributed by atoms with Crippen LogP contribution in [0, 0.1) is 11.3 Å². The molecule has 1 amide bonds. The van der Waals surface area contributed by atoms with Crippen LogP contribution in [0.2, 0.25) is 0 Å². The number of likely N-dealkylation sites (N-methyl/N-ethyl adjacent to an activating group) is 1. The molecule has 0 saturated carbocycles. The molecule has 0 spiro atoms. The minimum atomic E-state index is -1.09. The molecule has 2 unspecified atom stereocenters. The summed E-state index contributed by atoms with van der Waals surface area (Å²) in [5.41, 5.74) is 0.960. The molecule has 4 heteroatoms. The van der Waals surface area contributed by atoms with Crippen molar-refractivity contribution in [3.8, 4) is 6.07 Å². The van der Waals surface area contributed by atoms with Gasteiger partial charge in [-0.3, -0.25) is 4.90 Å². The van der Waals surface area contributed by atoms with Crippen molar-refractivity contribution in [2.75, 3.05) is 7.05 Å². The fourth-order valence-corrected chi connectivity index (χ4v) is 1.59. The molecule has 0 aliphatic carbocycles. The predicted molar refractivity (Wildman–Crippen MR) is 60.0 cm³/mol. The zero-order valence-electron chi connectivity index (χ0n) is 9.29. The molecule has 0 aromatic heterocycles. The average molecular weight is 218 g/mol. The molecule has 2 atom stereocenters. The zero-order chi connectivity index (χ0) is 12.1. The van der Waals surface area contributed by atoms with Gasteiger partial charge in [-0.2, -0.15) is 5.26 Å². The first-order valence-electron chi connectivity index (χ1n) is 4.98. The molecule has 0 aliphatic heterocycles. The summed E-state index contributed by atoms with van der Waals surface area (Å²) >= 11 is 0. The third-order valence-corrected chi connectivity index (χ3v) is 2.65. The minimum absolute atomic E-state index is 0.146. The van der Waals surface area contributed by atoms with Crippen LogP contribution in [0.25, 0.3) is 0 Å². The van der Waals surface area contributed by atoms with E-state index in [2.05, 4.69) is 0 Å². The third-order valence-electron chi connectivity index (χ3n) is 2.65. The van der Waals surface area contributed by atoms with E-state index < -0.39 is 12.1 Å². The molecule has 0 fully saturated rings. The van der Waals surface area contributed by atoms with Gasteiger partial charge in [0, 0.05) is 13.0 Å². The van der Waals surface area contributed by atoms with E-state index in [1.807, 2.05) is 43.3 Å². The maximum atomic E-state index is 10.8. The van der Waals surface area contributed by atoms with Gasteiger partial charge in [-0.05, 0) is 5.56 Å². The highest BCUT2D eigenvalue weighted by Crippen LogP contribution is 2.21. The van der Waals surface area contributed by atoms with Crippen molar-refractivity contribution in [2.24, 2.45) is 0 Å². The molecule has 0 saturated heterocycles. The Hall–Kier alpha value is -2.02. The van der Waals surface area contributed by atoms with Crippen LogP contribution >= 0.6 is 0 Å². The number of hydrogen-bond acceptors (Lipinski definition) is 2. The normalized spacial score (nSPS) is 13.6. The first kappa shape index (κ1) is 12.1. The number of rotatable bonds is 3. The zero-order valence-corrected chi connectivity index (χ0v) is 9.29. The molecule has 0 aliphatic rings. The second-order valence-corrected chi connectivity index (χ2v) is 3.67. The average Bonchev–Trinajstić information content (AvgIpc) is 2.30. The van der Waals surface area contributed by atoms with Crippen LogP contribution in [0.1, 0.15) is 18.4 Å².